The number of hydrogen-bond donors (Lipinski definition) is 1. The lowest BCUT2D eigenvalue weighted by molar-refractivity contribution is 0.304. The Balaban J connectivity index is 2.05. The largest absolute Gasteiger partial charge is 0.488 e. The van der Waals surface area contributed by atoms with Crippen molar-refractivity contribution in [1.29, 1.82) is 5.26 Å². The molecule has 0 radical (unpaired) electrons. The maximum atomic E-state index is 8.81. The van der Waals surface area contributed by atoms with Crippen LogP contribution < -0.4 is 10.1 Å². The van der Waals surface area contributed by atoms with E-state index >= 15 is 0 Å². The first-order valence-corrected chi connectivity index (χ1v) is 6.93. The Morgan fingerprint density at radius 3 is 2.85 bits per heavy atom. The van der Waals surface area contributed by atoms with Crippen molar-refractivity contribution in [2.75, 3.05) is 7.05 Å². The number of ether oxygens (including phenoxy) is 1. The SMILES string of the molecule is CNCc1ccc(OCc2ccnc(C#N)c2)c(Br)c1. The minimum atomic E-state index is 0.398. The summed E-state index contributed by atoms with van der Waals surface area (Å²) in [5, 5.41) is 11.9. The summed E-state index contributed by atoms with van der Waals surface area (Å²) in [5.41, 5.74) is 2.50. The smallest absolute Gasteiger partial charge is 0.140 e. The van der Waals surface area contributed by atoms with Gasteiger partial charge in [-0.05, 0) is 58.4 Å². The third kappa shape index (κ3) is 3.80. The van der Waals surface area contributed by atoms with Gasteiger partial charge in [-0.15, -0.1) is 0 Å². The van der Waals surface area contributed by atoms with E-state index in [4.69, 9.17) is 10.00 Å². The maximum absolute atomic E-state index is 8.81. The zero-order chi connectivity index (χ0) is 14.4. The Kier molecular flexibility index (Phi) is 5.10. The highest BCUT2D eigenvalue weighted by Gasteiger charge is 2.04. The monoisotopic (exact) mass is 331 g/mol. The van der Waals surface area contributed by atoms with E-state index < -0.39 is 0 Å². The van der Waals surface area contributed by atoms with Gasteiger partial charge in [0, 0.05) is 12.7 Å². The topological polar surface area (TPSA) is 57.9 Å². The number of nitrogens with one attached hydrogen (secondary N) is 1. The van der Waals surface area contributed by atoms with Crippen LogP contribution in [0.3, 0.4) is 0 Å². The third-order valence-electron chi connectivity index (χ3n) is 2.71. The third-order valence-corrected chi connectivity index (χ3v) is 3.33. The summed E-state index contributed by atoms with van der Waals surface area (Å²) in [4.78, 5) is 3.93. The van der Waals surface area contributed by atoms with Gasteiger partial charge in [0.25, 0.3) is 0 Å². The lowest BCUT2D eigenvalue weighted by Crippen LogP contribution is -2.05. The fourth-order valence-electron chi connectivity index (χ4n) is 1.76. The molecule has 1 aromatic carbocycles. The van der Waals surface area contributed by atoms with Gasteiger partial charge in [-0.3, -0.25) is 0 Å². The van der Waals surface area contributed by atoms with Crippen LogP contribution in [0.5, 0.6) is 5.75 Å². The first kappa shape index (κ1) is 14.5. The molecule has 4 nitrogen and oxygen atoms in total. The molecule has 0 aliphatic carbocycles. The number of pyridine rings is 1. The van der Waals surface area contributed by atoms with Crippen LogP contribution in [0.4, 0.5) is 0 Å². The number of hydrogen-bond acceptors (Lipinski definition) is 4. The van der Waals surface area contributed by atoms with E-state index in [-0.39, 0.29) is 0 Å². The normalized spacial score (nSPS) is 10.1. The maximum Gasteiger partial charge on any atom is 0.140 e. The number of nitrogens with zero attached hydrogens (tertiary/aromatic N) is 2. The van der Waals surface area contributed by atoms with Gasteiger partial charge in [0.2, 0.25) is 0 Å². The van der Waals surface area contributed by atoms with E-state index in [9.17, 15) is 0 Å². The van der Waals surface area contributed by atoms with Crippen molar-refractivity contribution in [2.24, 2.45) is 0 Å². The van der Waals surface area contributed by atoms with E-state index in [0.717, 1.165) is 22.3 Å². The predicted molar refractivity (Wildman–Crippen MR) is 80.2 cm³/mol. The average Bonchev–Trinajstić information content (AvgIpc) is 2.47. The molecule has 2 rings (SSSR count). The second-order valence-electron chi connectivity index (χ2n) is 4.24. The second kappa shape index (κ2) is 7.04. The van der Waals surface area contributed by atoms with Gasteiger partial charge in [0.05, 0.1) is 4.47 Å². The van der Waals surface area contributed by atoms with Gasteiger partial charge < -0.3 is 10.1 Å². The van der Waals surface area contributed by atoms with Crippen molar-refractivity contribution >= 4 is 15.9 Å². The first-order valence-electron chi connectivity index (χ1n) is 6.14. The molecule has 0 spiro atoms. The van der Waals surface area contributed by atoms with Gasteiger partial charge in [-0.1, -0.05) is 6.07 Å². The van der Waals surface area contributed by atoms with Crippen molar-refractivity contribution in [2.45, 2.75) is 13.2 Å². The van der Waals surface area contributed by atoms with Crippen LogP contribution in [-0.4, -0.2) is 12.0 Å². The number of aromatic nitrogens is 1. The van der Waals surface area contributed by atoms with E-state index in [1.54, 1.807) is 12.3 Å². The van der Waals surface area contributed by atoms with Crippen LogP contribution in [0.25, 0.3) is 0 Å². The summed E-state index contributed by atoms with van der Waals surface area (Å²) < 4.78 is 6.67. The Hall–Kier alpha value is -1.90. The van der Waals surface area contributed by atoms with Gasteiger partial charge in [-0.2, -0.15) is 5.26 Å². The molecule has 0 aliphatic rings. The number of halogens is 1. The van der Waals surface area contributed by atoms with E-state index in [0.29, 0.717) is 12.3 Å². The number of rotatable bonds is 5. The van der Waals surface area contributed by atoms with Crippen molar-refractivity contribution in [3.63, 3.8) is 0 Å². The highest BCUT2D eigenvalue weighted by molar-refractivity contribution is 9.10. The van der Waals surface area contributed by atoms with Crippen LogP contribution in [0.1, 0.15) is 16.8 Å². The van der Waals surface area contributed by atoms with Crippen molar-refractivity contribution in [3.8, 4) is 11.8 Å². The Labute approximate surface area is 126 Å². The quantitative estimate of drug-likeness (QED) is 0.914. The lowest BCUT2D eigenvalue weighted by atomic mass is 10.2. The summed E-state index contributed by atoms with van der Waals surface area (Å²) >= 11 is 3.50. The van der Waals surface area contributed by atoms with Crippen LogP contribution in [0.2, 0.25) is 0 Å². The molecule has 2 aromatic rings. The lowest BCUT2D eigenvalue weighted by Gasteiger charge is -2.10. The summed E-state index contributed by atoms with van der Waals surface area (Å²) in [6.45, 7) is 1.22. The molecule has 102 valence electrons. The molecular weight excluding hydrogens is 318 g/mol. The molecule has 0 unspecified atom stereocenters. The molecule has 1 N–H and O–H groups in total. The van der Waals surface area contributed by atoms with Crippen LogP contribution in [0.15, 0.2) is 41.0 Å². The van der Waals surface area contributed by atoms with E-state index in [1.807, 2.05) is 37.4 Å². The molecule has 0 saturated heterocycles. The molecule has 0 atom stereocenters. The Morgan fingerprint density at radius 1 is 1.30 bits per heavy atom. The molecule has 0 saturated carbocycles. The molecule has 1 aromatic heterocycles. The van der Waals surface area contributed by atoms with Gasteiger partial charge in [-0.25, -0.2) is 4.98 Å². The minimum Gasteiger partial charge on any atom is -0.488 e. The molecule has 0 bridgehead atoms. The van der Waals surface area contributed by atoms with Crippen molar-refractivity contribution in [3.05, 3.63) is 57.8 Å². The van der Waals surface area contributed by atoms with Gasteiger partial charge in [0.1, 0.15) is 24.1 Å². The molecule has 1 heterocycles. The van der Waals surface area contributed by atoms with Crippen LogP contribution >= 0.6 is 15.9 Å². The molecule has 5 heteroatoms. The van der Waals surface area contributed by atoms with Crippen LogP contribution in [-0.2, 0) is 13.2 Å². The summed E-state index contributed by atoms with van der Waals surface area (Å²) in [6, 6.07) is 11.6. The highest BCUT2D eigenvalue weighted by atomic mass is 79.9. The number of benzene rings is 1. The molecule has 0 fully saturated rings. The average molecular weight is 332 g/mol. The molecule has 0 aliphatic heterocycles. The predicted octanol–water partition coefficient (Wildman–Crippen LogP) is 3.01. The Bertz CT molecular complexity index is 637. The fourth-order valence-corrected chi connectivity index (χ4v) is 2.30. The van der Waals surface area contributed by atoms with E-state index in [1.165, 1.54) is 5.56 Å². The highest BCUT2D eigenvalue weighted by Crippen LogP contribution is 2.26. The zero-order valence-electron chi connectivity index (χ0n) is 11.1. The fraction of sp³-hybridized carbons (Fsp3) is 0.200. The van der Waals surface area contributed by atoms with Crippen LogP contribution in [0, 0.1) is 11.3 Å². The molecule has 20 heavy (non-hydrogen) atoms. The summed E-state index contributed by atoms with van der Waals surface area (Å²) in [5.74, 6) is 0.778. The standard InChI is InChI=1S/C15H14BrN3O/c1-18-9-11-2-3-15(14(16)7-11)20-10-12-4-5-19-13(6-12)8-17/h2-7,18H,9-10H2,1H3. The first-order chi connectivity index (χ1) is 9.72. The van der Waals surface area contributed by atoms with Gasteiger partial charge in [0.15, 0.2) is 0 Å². The van der Waals surface area contributed by atoms with Crippen molar-refractivity contribution < 1.29 is 4.74 Å². The molecule has 0 amide bonds. The number of nitriles is 1. The zero-order valence-corrected chi connectivity index (χ0v) is 12.6. The van der Waals surface area contributed by atoms with Crippen molar-refractivity contribution in [1.82, 2.24) is 10.3 Å². The Morgan fingerprint density at radius 2 is 2.15 bits per heavy atom. The van der Waals surface area contributed by atoms with Gasteiger partial charge >= 0.3 is 0 Å². The summed E-state index contributed by atoms with van der Waals surface area (Å²) in [6.07, 6.45) is 1.61. The minimum absolute atomic E-state index is 0.398. The summed E-state index contributed by atoms with van der Waals surface area (Å²) in [7, 11) is 1.91. The van der Waals surface area contributed by atoms with E-state index in [2.05, 4.69) is 26.2 Å². The second-order valence-corrected chi connectivity index (χ2v) is 5.10. The molecular formula is C15H14BrN3O.